The van der Waals surface area contributed by atoms with E-state index < -0.39 is 0 Å². The number of hydrogen-bond donors (Lipinski definition) is 0. The van der Waals surface area contributed by atoms with Crippen LogP contribution < -0.4 is 9.80 Å². The van der Waals surface area contributed by atoms with E-state index in [0.717, 1.165) is 12.8 Å². The Hall–Kier alpha value is -4.30. The van der Waals surface area contributed by atoms with Crippen LogP contribution in [-0.2, 0) is 0 Å². The van der Waals surface area contributed by atoms with E-state index >= 15 is 0 Å². The van der Waals surface area contributed by atoms with Crippen molar-refractivity contribution in [2.24, 2.45) is 0 Å². The van der Waals surface area contributed by atoms with Crippen molar-refractivity contribution in [1.82, 2.24) is 0 Å². The zero-order chi connectivity index (χ0) is 28.6. The predicted octanol–water partition coefficient (Wildman–Crippen LogP) is 10.1. The minimum Gasteiger partial charge on any atom is -0.359 e. The van der Waals surface area contributed by atoms with E-state index in [4.69, 9.17) is 0 Å². The van der Waals surface area contributed by atoms with Gasteiger partial charge in [0.25, 0.3) is 0 Å². The number of benzene rings is 3. The van der Waals surface area contributed by atoms with Crippen LogP contribution in [0.4, 0.5) is 17.1 Å². The molecular formula is C39H42N2. The molecule has 0 N–H and O–H groups in total. The molecule has 0 saturated carbocycles. The highest BCUT2D eigenvalue weighted by molar-refractivity contribution is 5.77. The normalized spacial score (nSPS) is 19.1. The van der Waals surface area contributed by atoms with Crippen LogP contribution >= 0.6 is 0 Å². The fourth-order valence-electron chi connectivity index (χ4n) is 5.86. The van der Waals surface area contributed by atoms with Gasteiger partial charge in [-0.3, -0.25) is 0 Å². The molecule has 0 radical (unpaired) electrons. The number of nitrogens with zero attached hydrogens (tertiary/aromatic N) is 2. The summed E-state index contributed by atoms with van der Waals surface area (Å²) in [6.45, 7) is 8.67. The lowest BCUT2D eigenvalue weighted by Gasteiger charge is -2.37. The van der Waals surface area contributed by atoms with Crippen LogP contribution in [0.15, 0.2) is 140 Å². The molecule has 0 amide bonds. The van der Waals surface area contributed by atoms with E-state index in [2.05, 4.69) is 177 Å². The van der Waals surface area contributed by atoms with Gasteiger partial charge in [-0.1, -0.05) is 103 Å². The van der Waals surface area contributed by atoms with Crippen LogP contribution in [0.3, 0.4) is 0 Å². The van der Waals surface area contributed by atoms with Gasteiger partial charge in [0, 0.05) is 23.1 Å². The predicted molar refractivity (Wildman–Crippen MR) is 179 cm³/mol. The smallest absolute Gasteiger partial charge is 0.0559 e. The lowest BCUT2D eigenvalue weighted by Crippen LogP contribution is -2.40. The van der Waals surface area contributed by atoms with Crippen molar-refractivity contribution < 1.29 is 0 Å². The van der Waals surface area contributed by atoms with Gasteiger partial charge in [0.2, 0.25) is 0 Å². The molecule has 2 aliphatic carbocycles. The summed E-state index contributed by atoms with van der Waals surface area (Å²) in [6.07, 6.45) is 26.5. The zero-order valence-corrected chi connectivity index (χ0v) is 24.8. The number of allylic oxidation sites excluding steroid dienone is 7. The summed E-state index contributed by atoms with van der Waals surface area (Å²) in [6, 6.07) is 27.6. The Balaban J connectivity index is 1.37. The lowest BCUT2D eigenvalue weighted by molar-refractivity contribution is 0.646. The van der Waals surface area contributed by atoms with Crippen molar-refractivity contribution in [3.63, 3.8) is 0 Å². The Morgan fingerprint density at radius 2 is 1.49 bits per heavy atom. The van der Waals surface area contributed by atoms with E-state index in [-0.39, 0.29) is 6.04 Å². The summed E-state index contributed by atoms with van der Waals surface area (Å²) < 4.78 is 0. The molecule has 0 spiro atoms. The van der Waals surface area contributed by atoms with Crippen LogP contribution in [-0.4, -0.2) is 18.1 Å². The maximum Gasteiger partial charge on any atom is 0.0559 e. The summed E-state index contributed by atoms with van der Waals surface area (Å²) >= 11 is 0. The Kier molecular flexibility index (Phi) is 9.21. The van der Waals surface area contributed by atoms with Crippen LogP contribution in [0.2, 0.25) is 0 Å². The van der Waals surface area contributed by atoms with Gasteiger partial charge in [-0.2, -0.15) is 0 Å². The molecule has 0 aromatic heterocycles. The fraction of sp³-hybridized carbons (Fsp3) is 0.231. The highest BCUT2D eigenvalue weighted by Gasteiger charge is 2.23. The second-order valence-corrected chi connectivity index (χ2v) is 11.1. The monoisotopic (exact) mass is 538 g/mol. The molecule has 3 aromatic rings. The van der Waals surface area contributed by atoms with E-state index in [9.17, 15) is 0 Å². The first-order chi connectivity index (χ1) is 20.0. The van der Waals surface area contributed by atoms with Gasteiger partial charge in [-0.25, -0.2) is 0 Å². The minimum atomic E-state index is 0.271. The highest BCUT2D eigenvalue weighted by Crippen LogP contribution is 2.34. The topological polar surface area (TPSA) is 6.48 Å². The van der Waals surface area contributed by atoms with Crippen LogP contribution in [0, 0.1) is 13.8 Å². The second-order valence-electron chi connectivity index (χ2n) is 11.1. The Morgan fingerprint density at radius 3 is 2.12 bits per heavy atom. The van der Waals surface area contributed by atoms with Gasteiger partial charge >= 0.3 is 0 Å². The van der Waals surface area contributed by atoms with E-state index in [1.165, 1.54) is 39.3 Å². The maximum absolute atomic E-state index is 2.53. The van der Waals surface area contributed by atoms with Gasteiger partial charge in [-0.05, 0) is 99.2 Å². The van der Waals surface area contributed by atoms with Crippen molar-refractivity contribution in [3.05, 3.63) is 156 Å². The first-order valence-corrected chi connectivity index (χ1v) is 14.9. The summed E-state index contributed by atoms with van der Waals surface area (Å²) in [4.78, 5) is 4.99. The molecule has 0 aliphatic heterocycles. The highest BCUT2D eigenvalue weighted by atomic mass is 15.2. The molecule has 41 heavy (non-hydrogen) atoms. The molecule has 0 bridgehead atoms. The first-order valence-electron chi connectivity index (χ1n) is 14.9. The number of aryl methyl sites for hydroxylation is 2. The summed E-state index contributed by atoms with van der Waals surface area (Å²) in [5.41, 5.74) is 8.82. The van der Waals surface area contributed by atoms with Crippen molar-refractivity contribution >= 4 is 22.6 Å². The molecule has 208 valence electrons. The Labute approximate surface area is 247 Å². The second kappa shape index (κ2) is 13.4. The van der Waals surface area contributed by atoms with Gasteiger partial charge in [0.15, 0.2) is 0 Å². The van der Waals surface area contributed by atoms with Crippen molar-refractivity contribution in [1.29, 1.82) is 0 Å². The van der Waals surface area contributed by atoms with E-state index in [0.29, 0.717) is 12.1 Å². The van der Waals surface area contributed by atoms with Crippen molar-refractivity contribution in [3.8, 4) is 0 Å². The molecule has 0 fully saturated rings. The largest absolute Gasteiger partial charge is 0.359 e. The quantitative estimate of drug-likeness (QED) is 0.250. The van der Waals surface area contributed by atoms with Gasteiger partial charge < -0.3 is 9.80 Å². The molecule has 0 heterocycles. The number of anilines is 3. The molecule has 3 unspecified atom stereocenters. The number of hydrogen-bond acceptors (Lipinski definition) is 2. The maximum atomic E-state index is 2.53. The van der Waals surface area contributed by atoms with E-state index in [1.54, 1.807) is 0 Å². The van der Waals surface area contributed by atoms with Gasteiger partial charge in [0.05, 0.1) is 12.1 Å². The standard InChI is InChI=1S/C39H42N2/c1-5-6-8-15-32(4)40(38-18-11-13-30(2)28-38)36-24-20-33(21-25-36)34-22-26-37(27-23-34)41(35-16-9-7-10-17-35)39-19-12-14-31(3)29-39/h5-16,18-24,26-29,32,35-36H,17,25H2,1-4H3/b6-5-,15-8-. The third-order valence-electron chi connectivity index (χ3n) is 7.91. The third-order valence-corrected chi connectivity index (χ3v) is 7.91. The minimum absolute atomic E-state index is 0.271. The van der Waals surface area contributed by atoms with Crippen LogP contribution in [0.25, 0.3) is 5.57 Å². The molecule has 0 saturated heterocycles. The molecule has 2 nitrogen and oxygen atoms in total. The fourth-order valence-corrected chi connectivity index (χ4v) is 5.86. The third kappa shape index (κ3) is 6.89. The average Bonchev–Trinajstić information content (AvgIpc) is 2.99. The summed E-state index contributed by atoms with van der Waals surface area (Å²) in [5, 5.41) is 0. The summed E-state index contributed by atoms with van der Waals surface area (Å²) in [7, 11) is 0. The van der Waals surface area contributed by atoms with Gasteiger partial charge in [0.1, 0.15) is 0 Å². The van der Waals surface area contributed by atoms with Crippen LogP contribution in [0.1, 0.15) is 43.4 Å². The zero-order valence-electron chi connectivity index (χ0n) is 24.8. The van der Waals surface area contributed by atoms with Crippen molar-refractivity contribution in [2.45, 2.75) is 58.7 Å². The Morgan fingerprint density at radius 1 is 0.756 bits per heavy atom. The molecule has 2 heteroatoms. The molecule has 5 rings (SSSR count). The van der Waals surface area contributed by atoms with E-state index in [1.807, 2.05) is 0 Å². The van der Waals surface area contributed by atoms with Crippen molar-refractivity contribution in [2.75, 3.05) is 9.80 Å². The Bertz CT molecular complexity index is 1500. The SMILES string of the molecule is C/C=C\C=C/C(C)N(c1cccc(C)c1)C1C=CC(c2ccc(N(c3cccc(C)c3)C3C=CC=CC3)cc2)=CC1. The number of rotatable bonds is 9. The average molecular weight is 539 g/mol. The lowest BCUT2D eigenvalue weighted by atomic mass is 9.94. The molecule has 2 aliphatic rings. The first kappa shape index (κ1) is 28.2. The van der Waals surface area contributed by atoms with Gasteiger partial charge in [-0.15, -0.1) is 0 Å². The molecule has 3 atom stereocenters. The summed E-state index contributed by atoms with van der Waals surface area (Å²) in [5.74, 6) is 0. The van der Waals surface area contributed by atoms with Crippen LogP contribution in [0.5, 0.6) is 0 Å². The molecule has 3 aromatic carbocycles. The molecular weight excluding hydrogens is 496 g/mol.